The molecule has 58 heavy (non-hydrogen) atoms. The number of nitrogens with zero attached hydrogens (tertiary/aromatic N) is 2. The Morgan fingerprint density at radius 1 is 0.414 bits per heavy atom. The monoisotopic (exact) mass is 740 g/mol. The first-order chi connectivity index (χ1) is 28.8. The van der Waals surface area contributed by atoms with E-state index in [-0.39, 0.29) is 0 Å². The van der Waals surface area contributed by atoms with Gasteiger partial charge in [-0.1, -0.05) is 133 Å². The highest BCUT2D eigenvalue weighted by molar-refractivity contribution is 6.10. The minimum atomic E-state index is -0.539. The smallest absolute Gasteiger partial charge is 0.178 e. The Morgan fingerprint density at radius 3 is 1.88 bits per heavy atom. The summed E-state index contributed by atoms with van der Waals surface area (Å²) < 4.78 is 15.6. The zero-order valence-corrected chi connectivity index (χ0v) is 31.2. The first-order valence-electron chi connectivity index (χ1n) is 19.8. The molecule has 0 saturated heterocycles. The lowest BCUT2D eigenvalue weighted by Gasteiger charge is -2.31. The summed E-state index contributed by atoms with van der Waals surface area (Å²) >= 11 is 0. The van der Waals surface area contributed by atoms with E-state index in [1.165, 1.54) is 44.2 Å². The Kier molecular flexibility index (Phi) is 6.34. The van der Waals surface area contributed by atoms with Gasteiger partial charge >= 0.3 is 0 Å². The number of rotatable bonds is 3. The molecular weight excluding hydrogens is 709 g/mol. The van der Waals surface area contributed by atoms with Crippen LogP contribution in [0.1, 0.15) is 22.3 Å². The van der Waals surface area contributed by atoms with Crippen molar-refractivity contribution < 1.29 is 9.47 Å². The number of ether oxygens (including phenoxy) is 2. The van der Waals surface area contributed by atoms with Gasteiger partial charge in [-0.05, 0) is 105 Å². The fourth-order valence-corrected chi connectivity index (χ4v) is 10.1. The Bertz CT molecular complexity index is 3300. The molecule has 2 aliphatic carbocycles. The number of para-hydroxylation sites is 3. The van der Waals surface area contributed by atoms with Gasteiger partial charge in [0.1, 0.15) is 0 Å². The summed E-state index contributed by atoms with van der Waals surface area (Å²) in [5.74, 6) is 2.96. The minimum Gasteiger partial charge on any atom is -0.449 e. The lowest BCUT2D eigenvalue weighted by Crippen LogP contribution is -2.26. The highest BCUT2D eigenvalue weighted by atomic mass is 16.6. The number of hydrogen-bond donors (Lipinski definition) is 0. The summed E-state index contributed by atoms with van der Waals surface area (Å²) in [6, 6.07) is 67.4. The van der Waals surface area contributed by atoms with Crippen LogP contribution >= 0.6 is 0 Å². The Labute approximate surface area is 334 Å². The average Bonchev–Trinajstić information content (AvgIpc) is 3.90. The maximum atomic E-state index is 6.80. The molecule has 0 fully saturated rings. The van der Waals surface area contributed by atoms with Crippen molar-refractivity contribution in [3.63, 3.8) is 0 Å². The van der Waals surface area contributed by atoms with Gasteiger partial charge in [0, 0.05) is 21.9 Å². The summed E-state index contributed by atoms with van der Waals surface area (Å²) in [6.07, 6.45) is 1.99. The third-order valence-corrected chi connectivity index (χ3v) is 12.5. The van der Waals surface area contributed by atoms with Crippen molar-refractivity contribution in [1.29, 1.82) is 0 Å². The highest BCUT2D eigenvalue weighted by Gasteiger charge is 2.53. The maximum absolute atomic E-state index is 6.80. The standard InChI is InChI=1S/C54H32N2O2/c1-2-12-33(13-3-1)46-27-24-36(32-55-46)56-47-19-9-6-16-39(47)41-30-34(23-28-48(41)56)35-22-25-40-45(31-35)54(42-17-7-4-14-37(42)38-15-5-8-18-43(38)54)44-26-29-51-53(52(40)44)58-50-21-11-10-20-49(50)57-51/h1-32H. The van der Waals surface area contributed by atoms with E-state index in [2.05, 4.69) is 162 Å². The van der Waals surface area contributed by atoms with Crippen molar-refractivity contribution in [2.75, 3.05) is 0 Å². The molecule has 2 aromatic heterocycles. The summed E-state index contributed by atoms with van der Waals surface area (Å²) in [4.78, 5) is 4.90. The molecular formula is C54H32N2O2. The normalized spacial score (nSPS) is 13.6. The molecule has 4 heteroatoms. The predicted octanol–water partition coefficient (Wildman–Crippen LogP) is 13.8. The number of hydrogen-bond acceptors (Lipinski definition) is 3. The molecule has 1 aliphatic heterocycles. The van der Waals surface area contributed by atoms with E-state index in [1.807, 2.05) is 36.5 Å². The molecule has 0 bridgehead atoms. The average molecular weight is 741 g/mol. The first-order valence-corrected chi connectivity index (χ1v) is 19.8. The van der Waals surface area contributed by atoms with E-state index in [1.54, 1.807) is 0 Å². The van der Waals surface area contributed by atoms with Crippen LogP contribution in [0.5, 0.6) is 23.0 Å². The maximum Gasteiger partial charge on any atom is 0.178 e. The van der Waals surface area contributed by atoms with Gasteiger partial charge in [-0.2, -0.15) is 0 Å². The van der Waals surface area contributed by atoms with Gasteiger partial charge in [0.15, 0.2) is 23.0 Å². The molecule has 0 unspecified atom stereocenters. The van der Waals surface area contributed by atoms with Crippen LogP contribution in [0.2, 0.25) is 0 Å². The molecule has 0 atom stereocenters. The highest BCUT2D eigenvalue weighted by Crippen LogP contribution is 2.66. The quantitative estimate of drug-likeness (QED) is 0.181. The van der Waals surface area contributed by atoms with Gasteiger partial charge in [0.05, 0.1) is 34.0 Å². The van der Waals surface area contributed by atoms with Crippen molar-refractivity contribution in [1.82, 2.24) is 9.55 Å². The van der Waals surface area contributed by atoms with Crippen LogP contribution in [-0.2, 0) is 5.41 Å². The van der Waals surface area contributed by atoms with E-state index in [0.29, 0.717) is 0 Å². The molecule has 0 radical (unpaired) electrons. The Hall–Kier alpha value is -7.69. The fourth-order valence-electron chi connectivity index (χ4n) is 10.1. The summed E-state index contributed by atoms with van der Waals surface area (Å²) in [6.45, 7) is 0. The summed E-state index contributed by atoms with van der Waals surface area (Å²) in [7, 11) is 0. The third-order valence-electron chi connectivity index (χ3n) is 12.5. The number of fused-ring (bicyclic) bond motifs is 16. The Balaban J connectivity index is 1.02. The van der Waals surface area contributed by atoms with Crippen molar-refractivity contribution >= 4 is 21.8 Å². The Morgan fingerprint density at radius 2 is 1.09 bits per heavy atom. The van der Waals surface area contributed by atoms with E-state index in [9.17, 15) is 0 Å². The van der Waals surface area contributed by atoms with Gasteiger partial charge in [-0.15, -0.1) is 0 Å². The summed E-state index contributed by atoms with van der Waals surface area (Å²) in [5, 5.41) is 2.41. The molecule has 1 spiro atoms. The van der Waals surface area contributed by atoms with E-state index < -0.39 is 5.41 Å². The molecule has 270 valence electrons. The second-order valence-electron chi connectivity index (χ2n) is 15.4. The molecule has 0 N–H and O–H groups in total. The second kappa shape index (κ2) is 11.7. The van der Waals surface area contributed by atoms with Crippen molar-refractivity contribution in [2.45, 2.75) is 5.41 Å². The summed E-state index contributed by atoms with van der Waals surface area (Å²) in [5.41, 5.74) is 17.0. The van der Waals surface area contributed by atoms with Crippen LogP contribution in [0, 0.1) is 0 Å². The molecule has 3 aliphatic rings. The van der Waals surface area contributed by atoms with Gasteiger partial charge in [-0.25, -0.2) is 0 Å². The van der Waals surface area contributed by atoms with Crippen LogP contribution in [0.15, 0.2) is 194 Å². The lowest BCUT2D eigenvalue weighted by molar-refractivity contribution is 0.360. The van der Waals surface area contributed by atoms with Crippen LogP contribution in [0.4, 0.5) is 0 Å². The number of aromatic nitrogens is 2. The van der Waals surface area contributed by atoms with Crippen LogP contribution < -0.4 is 9.47 Å². The molecule has 0 amide bonds. The largest absolute Gasteiger partial charge is 0.449 e. The fraction of sp³-hybridized carbons (Fsp3) is 0.0185. The number of pyridine rings is 1. The zero-order valence-electron chi connectivity index (χ0n) is 31.2. The molecule has 8 aromatic carbocycles. The third kappa shape index (κ3) is 4.16. The van der Waals surface area contributed by atoms with E-state index in [4.69, 9.17) is 14.5 Å². The van der Waals surface area contributed by atoms with Gasteiger partial charge in [0.2, 0.25) is 0 Å². The van der Waals surface area contributed by atoms with Gasteiger partial charge < -0.3 is 14.0 Å². The van der Waals surface area contributed by atoms with E-state index in [0.717, 1.165) is 73.2 Å². The molecule has 4 nitrogen and oxygen atoms in total. The lowest BCUT2D eigenvalue weighted by atomic mass is 9.70. The topological polar surface area (TPSA) is 36.3 Å². The van der Waals surface area contributed by atoms with Crippen molar-refractivity contribution in [3.8, 4) is 73.3 Å². The van der Waals surface area contributed by atoms with Crippen molar-refractivity contribution in [3.05, 3.63) is 217 Å². The van der Waals surface area contributed by atoms with Crippen molar-refractivity contribution in [2.24, 2.45) is 0 Å². The number of benzene rings is 8. The molecule has 13 rings (SSSR count). The van der Waals surface area contributed by atoms with Crippen LogP contribution in [0.25, 0.3) is 72.1 Å². The van der Waals surface area contributed by atoms with E-state index >= 15 is 0 Å². The van der Waals surface area contributed by atoms with Crippen LogP contribution in [-0.4, -0.2) is 9.55 Å². The predicted molar refractivity (Wildman–Crippen MR) is 232 cm³/mol. The van der Waals surface area contributed by atoms with Gasteiger partial charge in [-0.3, -0.25) is 4.98 Å². The molecule has 3 heterocycles. The van der Waals surface area contributed by atoms with Gasteiger partial charge in [0.25, 0.3) is 0 Å². The first kappa shape index (κ1) is 31.5. The second-order valence-corrected chi connectivity index (χ2v) is 15.4. The molecule has 10 aromatic rings. The minimum absolute atomic E-state index is 0.539. The van der Waals surface area contributed by atoms with Crippen LogP contribution in [0.3, 0.4) is 0 Å². The SMILES string of the molecule is c1ccc(-c2ccc(-n3c4ccccc4c4cc(-c5ccc6c(c5)C5(c7ccccc7-c7ccccc75)c5ccc7c(c5-6)Oc5ccccc5O7)ccc43)cn2)cc1. The zero-order chi connectivity index (χ0) is 38.0. The molecule has 0 saturated carbocycles.